The van der Waals surface area contributed by atoms with Gasteiger partial charge in [0.2, 0.25) is 6.43 Å². The van der Waals surface area contributed by atoms with Crippen molar-refractivity contribution in [2.45, 2.75) is 43.3 Å². The van der Waals surface area contributed by atoms with Gasteiger partial charge in [0.1, 0.15) is 34.9 Å². The number of methoxy groups -OCH3 is 3. The number of halogens is 3. The Kier molecular flexibility index (Phi) is 9.14. The first-order valence-corrected chi connectivity index (χ1v) is 12.9. The quantitative estimate of drug-likeness (QED) is 0.336. The molecule has 0 fully saturated rings. The van der Waals surface area contributed by atoms with Crippen molar-refractivity contribution in [3.63, 3.8) is 0 Å². The summed E-state index contributed by atoms with van der Waals surface area (Å²) in [5.41, 5.74) is 0.305. The van der Waals surface area contributed by atoms with Gasteiger partial charge in [-0.25, -0.2) is 27.2 Å². The van der Waals surface area contributed by atoms with E-state index in [9.17, 15) is 17.2 Å². The fourth-order valence-corrected chi connectivity index (χ4v) is 5.15. The maximum Gasteiger partial charge on any atom is 0.239 e. The van der Waals surface area contributed by atoms with Gasteiger partial charge in [0.25, 0.3) is 0 Å². The Balaban J connectivity index is 2.06. The average molecular weight is 546 g/mol. The van der Waals surface area contributed by atoms with E-state index in [1.165, 1.54) is 45.2 Å². The normalized spacial score (nSPS) is 13.6. The Morgan fingerprint density at radius 1 is 1.03 bits per heavy atom. The number of aromatic nitrogens is 5. The second-order valence-electron chi connectivity index (χ2n) is 7.74. The molecule has 2 heterocycles. The summed E-state index contributed by atoms with van der Waals surface area (Å²) in [6.45, 7) is 1.46. The maximum atomic E-state index is 13.5. The number of aryl methyl sites for hydroxylation is 1. The van der Waals surface area contributed by atoms with Crippen LogP contribution in [-0.4, -0.2) is 66.2 Å². The lowest BCUT2D eigenvalue weighted by Gasteiger charge is -2.22. The molecule has 36 heavy (non-hydrogen) atoms. The lowest BCUT2D eigenvalue weighted by Crippen LogP contribution is -2.30. The van der Waals surface area contributed by atoms with E-state index in [4.69, 9.17) is 25.8 Å². The van der Waals surface area contributed by atoms with Crippen LogP contribution in [0.15, 0.2) is 30.6 Å². The molecular weight excluding hydrogens is 520 g/mol. The standard InChI is InChI=1S/C22H26ClF2N5O5S/c1-13(21(35-4)22-26-10-14(23)11-27-22)36(31,32)12-19-29-28-18(9-8-17(24)25)30(19)20-15(33-2)6-5-7-16(20)34-3/h5-7,10-11,13,17,21H,8-9,12H2,1-4H3/t13-,21-/m0/s1. The molecule has 1 aromatic carbocycles. The number of rotatable bonds is 12. The third-order valence-electron chi connectivity index (χ3n) is 5.48. The van der Waals surface area contributed by atoms with E-state index < -0.39 is 39.8 Å². The molecule has 0 aliphatic carbocycles. The summed E-state index contributed by atoms with van der Waals surface area (Å²) in [7, 11) is 0.237. The SMILES string of the molecule is COc1cccc(OC)c1-n1c(CCC(F)F)nnc1CS(=O)(=O)[C@@H](C)[C@H](OC)c1ncc(Cl)cn1. The van der Waals surface area contributed by atoms with Gasteiger partial charge in [-0.2, -0.15) is 0 Å². The number of para-hydroxylation sites is 1. The molecular formula is C22H26ClF2N5O5S. The zero-order chi connectivity index (χ0) is 26.5. The van der Waals surface area contributed by atoms with Crippen molar-refractivity contribution in [3.05, 3.63) is 53.1 Å². The van der Waals surface area contributed by atoms with Crippen LogP contribution in [0.5, 0.6) is 11.5 Å². The molecule has 0 N–H and O–H groups in total. The summed E-state index contributed by atoms with van der Waals surface area (Å²) >= 11 is 5.84. The van der Waals surface area contributed by atoms with Crippen molar-refractivity contribution < 1.29 is 31.4 Å². The molecule has 0 aliphatic heterocycles. The molecule has 196 valence electrons. The minimum Gasteiger partial charge on any atom is -0.494 e. The van der Waals surface area contributed by atoms with Gasteiger partial charge < -0.3 is 14.2 Å². The zero-order valence-electron chi connectivity index (χ0n) is 20.1. The highest BCUT2D eigenvalue weighted by atomic mass is 35.5. The van der Waals surface area contributed by atoms with Crippen LogP contribution in [0.1, 0.15) is 36.9 Å². The highest BCUT2D eigenvalue weighted by molar-refractivity contribution is 7.91. The van der Waals surface area contributed by atoms with Gasteiger partial charge in [-0.1, -0.05) is 17.7 Å². The first kappa shape index (κ1) is 27.7. The summed E-state index contributed by atoms with van der Waals surface area (Å²) in [6, 6.07) is 4.95. The van der Waals surface area contributed by atoms with Gasteiger partial charge in [-0.3, -0.25) is 4.57 Å². The van der Waals surface area contributed by atoms with E-state index in [0.717, 1.165) is 0 Å². The number of ether oxygens (including phenoxy) is 3. The Morgan fingerprint density at radius 2 is 1.61 bits per heavy atom. The minimum absolute atomic E-state index is 0.000735. The molecule has 0 saturated carbocycles. The van der Waals surface area contributed by atoms with Crippen molar-refractivity contribution in [1.29, 1.82) is 0 Å². The molecule has 0 amide bonds. The molecule has 0 saturated heterocycles. The Hall–Kier alpha value is -2.90. The maximum absolute atomic E-state index is 13.5. The van der Waals surface area contributed by atoms with Crippen LogP contribution in [0, 0.1) is 0 Å². The monoisotopic (exact) mass is 545 g/mol. The van der Waals surface area contributed by atoms with E-state index in [-0.39, 0.29) is 23.9 Å². The number of benzene rings is 1. The second kappa shape index (κ2) is 11.9. The molecule has 0 spiro atoms. The van der Waals surface area contributed by atoms with E-state index in [1.807, 2.05) is 0 Å². The smallest absolute Gasteiger partial charge is 0.239 e. The van der Waals surface area contributed by atoms with Gasteiger partial charge in [0.05, 0.1) is 24.5 Å². The van der Waals surface area contributed by atoms with Gasteiger partial charge >= 0.3 is 0 Å². The number of hydrogen-bond donors (Lipinski definition) is 0. The van der Waals surface area contributed by atoms with Crippen molar-refractivity contribution in [1.82, 2.24) is 24.7 Å². The van der Waals surface area contributed by atoms with Crippen LogP contribution in [-0.2, 0) is 26.7 Å². The first-order valence-electron chi connectivity index (χ1n) is 10.8. The predicted octanol–water partition coefficient (Wildman–Crippen LogP) is 3.62. The lowest BCUT2D eigenvalue weighted by molar-refractivity contribution is 0.0948. The van der Waals surface area contributed by atoms with Crippen molar-refractivity contribution in [2.24, 2.45) is 0 Å². The van der Waals surface area contributed by atoms with E-state index >= 15 is 0 Å². The Morgan fingerprint density at radius 3 is 2.14 bits per heavy atom. The van der Waals surface area contributed by atoms with Crippen LogP contribution in [0.2, 0.25) is 5.02 Å². The zero-order valence-corrected chi connectivity index (χ0v) is 21.6. The van der Waals surface area contributed by atoms with Crippen molar-refractivity contribution in [2.75, 3.05) is 21.3 Å². The fraction of sp³-hybridized carbons (Fsp3) is 0.455. The van der Waals surface area contributed by atoms with Gasteiger partial charge in [-0.05, 0) is 19.1 Å². The summed E-state index contributed by atoms with van der Waals surface area (Å²) in [4.78, 5) is 8.15. The number of sulfone groups is 1. The molecule has 10 nitrogen and oxygen atoms in total. The molecule has 2 atom stereocenters. The molecule has 2 aromatic heterocycles. The lowest BCUT2D eigenvalue weighted by atomic mass is 10.2. The highest BCUT2D eigenvalue weighted by Gasteiger charge is 2.35. The predicted molar refractivity (Wildman–Crippen MR) is 128 cm³/mol. The Bertz CT molecular complexity index is 1250. The highest BCUT2D eigenvalue weighted by Crippen LogP contribution is 2.35. The fourth-order valence-electron chi connectivity index (χ4n) is 3.63. The molecule has 0 bridgehead atoms. The van der Waals surface area contributed by atoms with Crippen molar-refractivity contribution in [3.8, 4) is 17.2 Å². The van der Waals surface area contributed by atoms with Gasteiger partial charge in [-0.15, -0.1) is 10.2 Å². The molecule has 0 unspecified atom stereocenters. The second-order valence-corrected chi connectivity index (χ2v) is 10.5. The largest absolute Gasteiger partial charge is 0.494 e. The number of alkyl halides is 2. The average Bonchev–Trinajstić information content (AvgIpc) is 3.24. The van der Waals surface area contributed by atoms with Crippen LogP contribution >= 0.6 is 11.6 Å². The van der Waals surface area contributed by atoms with E-state index in [1.54, 1.807) is 18.2 Å². The molecule has 0 radical (unpaired) electrons. The summed E-state index contributed by atoms with van der Waals surface area (Å²) in [5.74, 6) is 0.348. The Labute approximate surface area is 212 Å². The topological polar surface area (TPSA) is 118 Å². The molecule has 0 aliphatic rings. The number of hydrogen-bond acceptors (Lipinski definition) is 9. The summed E-state index contributed by atoms with van der Waals surface area (Å²) < 4.78 is 70.7. The number of nitrogens with zero attached hydrogens (tertiary/aromatic N) is 5. The van der Waals surface area contributed by atoms with E-state index in [2.05, 4.69) is 20.2 Å². The van der Waals surface area contributed by atoms with Crippen LogP contribution in [0.4, 0.5) is 8.78 Å². The molecule has 14 heteroatoms. The minimum atomic E-state index is -3.96. The van der Waals surface area contributed by atoms with Gasteiger partial charge in [0, 0.05) is 32.3 Å². The molecule has 3 aromatic rings. The van der Waals surface area contributed by atoms with E-state index in [0.29, 0.717) is 22.2 Å². The van der Waals surface area contributed by atoms with Gasteiger partial charge in [0.15, 0.2) is 21.5 Å². The third-order valence-corrected chi connectivity index (χ3v) is 7.72. The van der Waals surface area contributed by atoms with Crippen molar-refractivity contribution >= 4 is 21.4 Å². The van der Waals surface area contributed by atoms with Crippen LogP contribution < -0.4 is 9.47 Å². The molecule has 3 rings (SSSR count). The third kappa shape index (κ3) is 6.08. The summed E-state index contributed by atoms with van der Waals surface area (Å²) in [6.07, 6.45) is -1.53. The van der Waals surface area contributed by atoms with Crippen LogP contribution in [0.3, 0.4) is 0 Å². The first-order chi connectivity index (χ1) is 17.1. The van der Waals surface area contributed by atoms with Crippen LogP contribution in [0.25, 0.3) is 5.69 Å². The summed E-state index contributed by atoms with van der Waals surface area (Å²) in [5, 5.41) is 7.26.